The zero-order valence-electron chi connectivity index (χ0n) is 18.2. The first-order valence-corrected chi connectivity index (χ1v) is 10.1. The van der Waals surface area contributed by atoms with Crippen molar-refractivity contribution >= 4 is 23.2 Å². The Hall–Kier alpha value is -2.08. The predicted molar refractivity (Wildman–Crippen MR) is 114 cm³/mol. The number of carbonyl (C=O) groups is 2. The zero-order chi connectivity index (χ0) is 20.9. The number of anilines is 2. The van der Waals surface area contributed by atoms with Crippen LogP contribution in [0.2, 0.25) is 0 Å². The lowest BCUT2D eigenvalue weighted by Crippen LogP contribution is -2.43. The lowest BCUT2D eigenvalue weighted by Gasteiger charge is -2.32. The number of hydrogen-bond acceptors (Lipinski definition) is 4. The van der Waals surface area contributed by atoms with Crippen LogP contribution in [0.3, 0.4) is 0 Å². The summed E-state index contributed by atoms with van der Waals surface area (Å²) in [4.78, 5) is 28.9. The molecule has 1 aliphatic heterocycles. The number of ether oxygens (including phenoxy) is 1. The molecule has 0 unspecified atom stereocenters. The highest BCUT2D eigenvalue weighted by atomic mass is 16.5. The highest BCUT2D eigenvalue weighted by Gasteiger charge is 2.30. The van der Waals surface area contributed by atoms with Crippen molar-refractivity contribution in [3.05, 3.63) is 23.8 Å². The molecular weight excluding hydrogens is 354 g/mol. The quantitative estimate of drug-likeness (QED) is 0.773. The maximum Gasteiger partial charge on any atom is 0.228 e. The minimum Gasteiger partial charge on any atom is -0.377 e. The van der Waals surface area contributed by atoms with Gasteiger partial charge in [0.15, 0.2) is 0 Å². The number of carbonyl (C=O) groups excluding carboxylic acids is 2. The van der Waals surface area contributed by atoms with Crippen molar-refractivity contribution in [2.75, 3.05) is 37.5 Å². The van der Waals surface area contributed by atoms with Crippen LogP contribution in [0.15, 0.2) is 18.2 Å². The Morgan fingerprint density at radius 1 is 1.25 bits per heavy atom. The molecule has 1 saturated heterocycles. The molecule has 1 aliphatic rings. The van der Waals surface area contributed by atoms with E-state index in [-0.39, 0.29) is 17.9 Å². The second-order valence-electron chi connectivity index (χ2n) is 8.71. The van der Waals surface area contributed by atoms with Crippen LogP contribution < -0.4 is 10.2 Å². The monoisotopic (exact) mass is 389 g/mol. The lowest BCUT2D eigenvalue weighted by atomic mass is 9.94. The summed E-state index contributed by atoms with van der Waals surface area (Å²) in [6, 6.07) is 5.87. The molecular formula is C22H35N3O3. The molecule has 1 atom stereocenters. The second-order valence-corrected chi connectivity index (χ2v) is 8.71. The van der Waals surface area contributed by atoms with Gasteiger partial charge in [0, 0.05) is 57.0 Å². The van der Waals surface area contributed by atoms with Gasteiger partial charge in [-0.25, -0.2) is 0 Å². The predicted octanol–water partition coefficient (Wildman–Crippen LogP) is 3.65. The SMILES string of the molecule is CCC(=O)Nc1ccc(N(C)C)c(CN(C[C@@H]2CCCO2)C(=O)C(C)(C)C)c1. The first kappa shape index (κ1) is 22.2. The summed E-state index contributed by atoms with van der Waals surface area (Å²) in [5.41, 5.74) is 2.33. The van der Waals surface area contributed by atoms with Crippen molar-refractivity contribution in [1.82, 2.24) is 4.90 Å². The highest BCUT2D eigenvalue weighted by molar-refractivity contribution is 5.91. The molecule has 1 fully saturated rings. The van der Waals surface area contributed by atoms with Gasteiger partial charge in [-0.2, -0.15) is 0 Å². The third kappa shape index (κ3) is 5.96. The molecule has 2 amide bonds. The topological polar surface area (TPSA) is 61.9 Å². The number of rotatable bonds is 7. The third-order valence-electron chi connectivity index (χ3n) is 4.90. The first-order chi connectivity index (χ1) is 13.1. The summed E-state index contributed by atoms with van der Waals surface area (Å²) >= 11 is 0. The maximum absolute atomic E-state index is 13.1. The van der Waals surface area contributed by atoms with E-state index < -0.39 is 5.41 Å². The second kappa shape index (κ2) is 9.41. The molecule has 6 heteroatoms. The minimum atomic E-state index is -0.467. The van der Waals surface area contributed by atoms with Crippen molar-refractivity contribution < 1.29 is 14.3 Å². The molecule has 156 valence electrons. The number of nitrogens with one attached hydrogen (secondary N) is 1. The summed E-state index contributed by atoms with van der Waals surface area (Å²) in [5.74, 6) is 0.0845. The van der Waals surface area contributed by atoms with Gasteiger partial charge in [0.1, 0.15) is 0 Å². The number of hydrogen-bond donors (Lipinski definition) is 1. The van der Waals surface area contributed by atoms with E-state index in [2.05, 4.69) is 5.32 Å². The van der Waals surface area contributed by atoms with Gasteiger partial charge in [-0.05, 0) is 36.6 Å². The van der Waals surface area contributed by atoms with E-state index in [1.807, 2.05) is 69.8 Å². The molecule has 0 bridgehead atoms. The molecule has 2 rings (SSSR count). The molecule has 28 heavy (non-hydrogen) atoms. The largest absolute Gasteiger partial charge is 0.377 e. The lowest BCUT2D eigenvalue weighted by molar-refractivity contribution is -0.141. The smallest absolute Gasteiger partial charge is 0.228 e. The van der Waals surface area contributed by atoms with E-state index in [1.165, 1.54) is 0 Å². The van der Waals surface area contributed by atoms with Gasteiger partial charge in [0.05, 0.1) is 6.10 Å². The van der Waals surface area contributed by atoms with Crippen LogP contribution in [-0.2, 0) is 20.9 Å². The van der Waals surface area contributed by atoms with Crippen LogP contribution in [-0.4, -0.2) is 50.1 Å². The fourth-order valence-corrected chi connectivity index (χ4v) is 3.41. The molecule has 1 aromatic rings. The van der Waals surface area contributed by atoms with Crippen LogP contribution in [0.4, 0.5) is 11.4 Å². The van der Waals surface area contributed by atoms with E-state index >= 15 is 0 Å². The molecule has 0 saturated carbocycles. The molecule has 1 N–H and O–H groups in total. The fraction of sp³-hybridized carbons (Fsp3) is 0.636. The van der Waals surface area contributed by atoms with Crippen molar-refractivity contribution in [2.45, 2.75) is 59.6 Å². The number of benzene rings is 1. The van der Waals surface area contributed by atoms with Gasteiger partial charge < -0.3 is 19.9 Å². The van der Waals surface area contributed by atoms with E-state index in [0.717, 1.165) is 36.4 Å². The Morgan fingerprint density at radius 3 is 2.50 bits per heavy atom. The van der Waals surface area contributed by atoms with E-state index in [1.54, 1.807) is 0 Å². The summed E-state index contributed by atoms with van der Waals surface area (Å²) < 4.78 is 5.79. The van der Waals surface area contributed by atoms with Crippen LogP contribution in [0, 0.1) is 5.41 Å². The van der Waals surface area contributed by atoms with Gasteiger partial charge in [-0.3, -0.25) is 9.59 Å². The third-order valence-corrected chi connectivity index (χ3v) is 4.90. The van der Waals surface area contributed by atoms with Crippen molar-refractivity contribution in [3.8, 4) is 0 Å². The van der Waals surface area contributed by atoms with Gasteiger partial charge >= 0.3 is 0 Å². The standard InChI is InChI=1S/C22H35N3O3/c1-7-20(26)23-17-10-11-19(24(5)6)16(13-17)14-25(21(27)22(2,3)4)15-18-9-8-12-28-18/h10-11,13,18H,7-9,12,14-15H2,1-6H3,(H,23,26)/t18-/m0/s1. The van der Waals surface area contributed by atoms with Crippen LogP contribution in [0.5, 0.6) is 0 Å². The Balaban J connectivity index is 2.32. The maximum atomic E-state index is 13.1. The average Bonchev–Trinajstić information content (AvgIpc) is 3.12. The Labute approximate surface area is 169 Å². The summed E-state index contributed by atoms with van der Waals surface area (Å²) in [6.07, 6.45) is 2.56. The van der Waals surface area contributed by atoms with Crippen molar-refractivity contribution in [1.29, 1.82) is 0 Å². The highest BCUT2D eigenvalue weighted by Crippen LogP contribution is 2.28. The van der Waals surface area contributed by atoms with E-state index in [4.69, 9.17) is 4.74 Å². The molecule has 0 aromatic heterocycles. The molecule has 1 aromatic carbocycles. The minimum absolute atomic E-state index is 0.0227. The van der Waals surface area contributed by atoms with Gasteiger partial charge in [0.2, 0.25) is 11.8 Å². The average molecular weight is 390 g/mol. The van der Waals surface area contributed by atoms with Gasteiger partial charge in [-0.1, -0.05) is 27.7 Å². The fourth-order valence-electron chi connectivity index (χ4n) is 3.41. The summed E-state index contributed by atoms with van der Waals surface area (Å²) in [5, 5.41) is 2.92. The molecule has 6 nitrogen and oxygen atoms in total. The summed E-state index contributed by atoms with van der Waals surface area (Å²) in [6.45, 7) is 9.51. The number of nitrogens with zero attached hydrogens (tertiary/aromatic N) is 2. The molecule has 0 aliphatic carbocycles. The Morgan fingerprint density at radius 2 is 1.96 bits per heavy atom. The normalized spacial score (nSPS) is 16.7. The Kier molecular flexibility index (Phi) is 7.47. The number of amides is 2. The van der Waals surface area contributed by atoms with Crippen molar-refractivity contribution in [3.63, 3.8) is 0 Å². The van der Waals surface area contributed by atoms with Crippen LogP contribution >= 0.6 is 0 Å². The van der Waals surface area contributed by atoms with Crippen molar-refractivity contribution in [2.24, 2.45) is 5.41 Å². The molecule has 0 spiro atoms. The van der Waals surface area contributed by atoms with E-state index in [0.29, 0.717) is 19.5 Å². The van der Waals surface area contributed by atoms with Crippen LogP contribution in [0.25, 0.3) is 0 Å². The molecule has 0 radical (unpaired) electrons. The van der Waals surface area contributed by atoms with Gasteiger partial charge in [0.25, 0.3) is 0 Å². The van der Waals surface area contributed by atoms with Gasteiger partial charge in [-0.15, -0.1) is 0 Å². The first-order valence-electron chi connectivity index (χ1n) is 10.1. The zero-order valence-corrected chi connectivity index (χ0v) is 18.2. The summed E-state index contributed by atoms with van der Waals surface area (Å²) in [7, 11) is 3.97. The Bertz CT molecular complexity index is 689. The van der Waals surface area contributed by atoms with E-state index in [9.17, 15) is 9.59 Å². The van der Waals surface area contributed by atoms with Crippen LogP contribution in [0.1, 0.15) is 52.5 Å². The molecule has 1 heterocycles.